The summed E-state index contributed by atoms with van der Waals surface area (Å²) in [5.74, 6) is 1.56. The van der Waals surface area contributed by atoms with Crippen LogP contribution in [0.5, 0.6) is 0 Å². The van der Waals surface area contributed by atoms with E-state index >= 15 is 0 Å². The number of morpholine rings is 1. The number of carbonyl (C=O) groups excluding carboxylic acids is 1. The van der Waals surface area contributed by atoms with Crippen molar-refractivity contribution in [1.82, 2.24) is 10.2 Å². The zero-order valence-electron chi connectivity index (χ0n) is 11.1. The van der Waals surface area contributed by atoms with Gasteiger partial charge in [0, 0.05) is 19.6 Å². The first-order valence-corrected chi connectivity index (χ1v) is 6.73. The van der Waals surface area contributed by atoms with E-state index < -0.39 is 0 Å². The summed E-state index contributed by atoms with van der Waals surface area (Å²) in [7, 11) is 0. The van der Waals surface area contributed by atoms with E-state index in [0.29, 0.717) is 18.4 Å². The second kappa shape index (κ2) is 5.36. The average molecular weight is 240 g/mol. The Morgan fingerprint density at radius 3 is 2.82 bits per heavy atom. The zero-order valence-corrected chi connectivity index (χ0v) is 11.1. The third-order valence-corrected chi connectivity index (χ3v) is 4.06. The maximum absolute atomic E-state index is 12.4. The van der Waals surface area contributed by atoms with Crippen LogP contribution in [-0.2, 0) is 9.53 Å². The monoisotopic (exact) mass is 240 g/mol. The van der Waals surface area contributed by atoms with Crippen LogP contribution in [0.15, 0.2) is 0 Å². The maximum atomic E-state index is 12.4. The van der Waals surface area contributed by atoms with Gasteiger partial charge in [-0.2, -0.15) is 0 Å². The summed E-state index contributed by atoms with van der Waals surface area (Å²) < 4.78 is 5.54. The van der Waals surface area contributed by atoms with Gasteiger partial charge in [0.05, 0.1) is 12.7 Å². The standard InChI is InChI=1S/C13H24N2O2/c1-9(2)11-4-6-15(8-11)13(16)12-10(3)17-7-5-14-12/h9-12,14H,4-8H2,1-3H3/t10-,11?,12+/m1/s1. The van der Waals surface area contributed by atoms with Gasteiger partial charge in [0.2, 0.25) is 5.91 Å². The molecule has 2 aliphatic rings. The number of rotatable bonds is 2. The van der Waals surface area contributed by atoms with Crippen LogP contribution in [0.4, 0.5) is 0 Å². The average Bonchev–Trinajstić information content (AvgIpc) is 2.78. The minimum Gasteiger partial charge on any atom is -0.375 e. The molecule has 2 aliphatic heterocycles. The number of nitrogens with one attached hydrogen (secondary N) is 1. The third kappa shape index (κ3) is 2.80. The lowest BCUT2D eigenvalue weighted by atomic mass is 9.95. The highest BCUT2D eigenvalue weighted by molar-refractivity contribution is 5.83. The van der Waals surface area contributed by atoms with Crippen molar-refractivity contribution in [2.75, 3.05) is 26.2 Å². The predicted octanol–water partition coefficient (Wildman–Crippen LogP) is 0.868. The van der Waals surface area contributed by atoms with E-state index in [1.54, 1.807) is 0 Å². The number of hydrogen-bond donors (Lipinski definition) is 1. The smallest absolute Gasteiger partial charge is 0.242 e. The van der Waals surface area contributed by atoms with Crippen molar-refractivity contribution in [2.24, 2.45) is 11.8 Å². The minimum atomic E-state index is -0.144. The van der Waals surface area contributed by atoms with Crippen molar-refractivity contribution in [3.63, 3.8) is 0 Å². The van der Waals surface area contributed by atoms with Crippen LogP contribution in [0.25, 0.3) is 0 Å². The highest BCUT2D eigenvalue weighted by Crippen LogP contribution is 2.24. The van der Waals surface area contributed by atoms with E-state index in [0.717, 1.165) is 26.1 Å². The first kappa shape index (κ1) is 12.8. The highest BCUT2D eigenvalue weighted by Gasteiger charge is 2.35. The van der Waals surface area contributed by atoms with Crippen LogP contribution in [0.1, 0.15) is 27.2 Å². The van der Waals surface area contributed by atoms with Crippen LogP contribution < -0.4 is 5.32 Å². The van der Waals surface area contributed by atoms with Crippen LogP contribution in [0, 0.1) is 11.8 Å². The number of likely N-dealkylation sites (tertiary alicyclic amines) is 1. The Hall–Kier alpha value is -0.610. The lowest BCUT2D eigenvalue weighted by molar-refractivity contribution is -0.138. The number of hydrogen-bond acceptors (Lipinski definition) is 3. The second-order valence-electron chi connectivity index (χ2n) is 5.58. The van der Waals surface area contributed by atoms with Gasteiger partial charge in [-0.25, -0.2) is 0 Å². The van der Waals surface area contributed by atoms with Gasteiger partial charge >= 0.3 is 0 Å². The minimum absolute atomic E-state index is 0.00523. The number of amides is 1. The molecule has 0 aliphatic carbocycles. The first-order valence-electron chi connectivity index (χ1n) is 6.73. The Bertz CT molecular complexity index is 281. The highest BCUT2D eigenvalue weighted by atomic mass is 16.5. The van der Waals surface area contributed by atoms with Crippen LogP contribution >= 0.6 is 0 Å². The summed E-state index contributed by atoms with van der Waals surface area (Å²) in [5, 5.41) is 3.27. The van der Waals surface area contributed by atoms with Gasteiger partial charge in [0.25, 0.3) is 0 Å². The molecule has 2 saturated heterocycles. The molecule has 2 fully saturated rings. The molecule has 0 bridgehead atoms. The Labute approximate surface area is 104 Å². The summed E-state index contributed by atoms with van der Waals surface area (Å²) in [6, 6.07) is -0.144. The molecule has 0 spiro atoms. The number of carbonyl (C=O) groups is 1. The fourth-order valence-electron chi connectivity index (χ4n) is 2.74. The lowest BCUT2D eigenvalue weighted by Crippen LogP contribution is -2.56. The molecule has 0 aromatic heterocycles. The molecule has 1 N–H and O–H groups in total. The Kier molecular flexibility index (Phi) is 4.05. The van der Waals surface area contributed by atoms with E-state index in [4.69, 9.17) is 4.74 Å². The molecule has 4 heteroatoms. The number of ether oxygens (including phenoxy) is 1. The number of nitrogens with zero attached hydrogens (tertiary/aromatic N) is 1. The Morgan fingerprint density at radius 1 is 1.47 bits per heavy atom. The normalized spacial score (nSPS) is 34.4. The van der Waals surface area contributed by atoms with Crippen molar-refractivity contribution in [3.8, 4) is 0 Å². The molecule has 2 rings (SSSR count). The van der Waals surface area contributed by atoms with Crippen LogP contribution in [0.3, 0.4) is 0 Å². The molecule has 4 nitrogen and oxygen atoms in total. The van der Waals surface area contributed by atoms with Crippen molar-refractivity contribution in [2.45, 2.75) is 39.3 Å². The van der Waals surface area contributed by atoms with Gasteiger partial charge in [0.1, 0.15) is 6.04 Å². The van der Waals surface area contributed by atoms with Crippen LogP contribution in [0.2, 0.25) is 0 Å². The quantitative estimate of drug-likeness (QED) is 0.778. The molecule has 1 unspecified atom stereocenters. The first-order chi connectivity index (χ1) is 8.09. The predicted molar refractivity (Wildman–Crippen MR) is 66.7 cm³/mol. The SMILES string of the molecule is CC(C)C1CCN(C(=O)[C@H]2NCCO[C@@H]2C)C1. The third-order valence-electron chi connectivity index (χ3n) is 4.06. The van der Waals surface area contributed by atoms with Gasteiger partial charge in [-0.15, -0.1) is 0 Å². The van der Waals surface area contributed by atoms with Crippen molar-refractivity contribution in [3.05, 3.63) is 0 Å². The van der Waals surface area contributed by atoms with Crippen molar-refractivity contribution >= 4 is 5.91 Å². The molecule has 0 aromatic rings. The summed E-state index contributed by atoms with van der Waals surface area (Å²) in [6.45, 7) is 9.77. The van der Waals surface area contributed by atoms with Gasteiger partial charge in [-0.3, -0.25) is 4.79 Å². The molecule has 0 radical (unpaired) electrons. The second-order valence-corrected chi connectivity index (χ2v) is 5.58. The van der Waals surface area contributed by atoms with E-state index in [2.05, 4.69) is 19.2 Å². The largest absolute Gasteiger partial charge is 0.375 e. The van der Waals surface area contributed by atoms with E-state index in [1.807, 2.05) is 11.8 Å². The molecular weight excluding hydrogens is 216 g/mol. The zero-order chi connectivity index (χ0) is 12.4. The van der Waals surface area contributed by atoms with Gasteiger partial charge < -0.3 is 15.0 Å². The van der Waals surface area contributed by atoms with Gasteiger partial charge in [-0.05, 0) is 25.2 Å². The summed E-state index contributed by atoms with van der Waals surface area (Å²) in [6.07, 6.45) is 1.14. The topological polar surface area (TPSA) is 41.6 Å². The fraction of sp³-hybridized carbons (Fsp3) is 0.923. The van der Waals surface area contributed by atoms with Crippen molar-refractivity contribution in [1.29, 1.82) is 0 Å². The summed E-state index contributed by atoms with van der Waals surface area (Å²) in [5.41, 5.74) is 0. The van der Waals surface area contributed by atoms with Crippen molar-refractivity contribution < 1.29 is 9.53 Å². The molecule has 0 aromatic carbocycles. The fourth-order valence-corrected chi connectivity index (χ4v) is 2.74. The van der Waals surface area contributed by atoms with E-state index in [-0.39, 0.29) is 18.1 Å². The van der Waals surface area contributed by atoms with Gasteiger partial charge in [0.15, 0.2) is 0 Å². The van der Waals surface area contributed by atoms with E-state index in [9.17, 15) is 4.79 Å². The van der Waals surface area contributed by atoms with E-state index in [1.165, 1.54) is 0 Å². The molecule has 98 valence electrons. The molecule has 17 heavy (non-hydrogen) atoms. The van der Waals surface area contributed by atoms with Crippen LogP contribution in [-0.4, -0.2) is 49.2 Å². The molecule has 1 amide bonds. The van der Waals surface area contributed by atoms with Gasteiger partial charge in [-0.1, -0.05) is 13.8 Å². The molecule has 3 atom stereocenters. The summed E-state index contributed by atoms with van der Waals surface area (Å²) in [4.78, 5) is 14.4. The maximum Gasteiger partial charge on any atom is 0.242 e. The summed E-state index contributed by atoms with van der Waals surface area (Å²) >= 11 is 0. The Morgan fingerprint density at radius 2 is 2.24 bits per heavy atom. The lowest BCUT2D eigenvalue weighted by Gasteiger charge is -2.32. The molecular formula is C13H24N2O2. The molecule has 2 heterocycles. The Balaban J connectivity index is 1.92. The molecule has 0 saturated carbocycles.